The van der Waals surface area contributed by atoms with Crippen molar-refractivity contribution in [1.82, 2.24) is 0 Å². The van der Waals surface area contributed by atoms with Crippen molar-refractivity contribution in [2.24, 2.45) is 0 Å². The Labute approximate surface area is 150 Å². The molecular weight excluding hydrogens is 408 g/mol. The van der Waals surface area contributed by atoms with E-state index in [4.69, 9.17) is 0 Å². The Morgan fingerprint density at radius 3 is 1.25 bits per heavy atom. The molecule has 28 heavy (non-hydrogen) atoms. The second-order valence-electron chi connectivity index (χ2n) is 5.06. The van der Waals surface area contributed by atoms with Crippen LogP contribution in [0.15, 0.2) is 36.4 Å². The van der Waals surface area contributed by atoms with Crippen LogP contribution in [0.1, 0.15) is 11.1 Å². The van der Waals surface area contributed by atoms with Gasteiger partial charge in [0.1, 0.15) is 0 Å². The van der Waals surface area contributed by atoms with Gasteiger partial charge in [0.2, 0.25) is 0 Å². The van der Waals surface area contributed by atoms with Gasteiger partial charge >= 0.3 is 24.3 Å². The highest BCUT2D eigenvalue weighted by Gasteiger charge is 2.33. The highest BCUT2D eigenvalue weighted by Crippen LogP contribution is 2.34. The van der Waals surface area contributed by atoms with Crippen LogP contribution in [0.3, 0.4) is 0 Å². The van der Waals surface area contributed by atoms with Gasteiger partial charge in [0.15, 0.2) is 23.1 Å². The summed E-state index contributed by atoms with van der Waals surface area (Å²) in [6, 6.07) is 1.44. The molecule has 0 radical (unpaired) electrons. The Morgan fingerprint density at radius 1 is 0.643 bits per heavy atom. The first-order valence-corrected chi connectivity index (χ1v) is 6.96. The largest absolute Gasteiger partial charge is 0.423 e. The lowest BCUT2D eigenvalue weighted by Crippen LogP contribution is -2.26. The summed E-state index contributed by atoms with van der Waals surface area (Å²) < 4.78 is 111. The summed E-state index contributed by atoms with van der Waals surface area (Å²) in [6.07, 6.45) is -9.84. The van der Waals surface area contributed by atoms with Crippen molar-refractivity contribution in [3.63, 3.8) is 0 Å². The highest BCUT2D eigenvalue weighted by molar-refractivity contribution is 6.31. The van der Waals surface area contributed by atoms with Crippen molar-refractivity contribution in [2.45, 2.75) is 12.4 Å². The van der Waals surface area contributed by atoms with E-state index in [0.29, 0.717) is 24.3 Å². The van der Waals surface area contributed by atoms with E-state index in [1.807, 2.05) is 0 Å². The number of hydrogen-bond donors (Lipinski definition) is 0. The van der Waals surface area contributed by atoms with Crippen molar-refractivity contribution >= 4 is 11.9 Å². The minimum atomic E-state index is -4.92. The number of halogens is 8. The minimum Gasteiger partial charge on any atom is -0.415 e. The SMILES string of the molecule is O=C(Oc1cc(C(F)(F)F)ccc1F)C(=O)Oc1cc(C(F)(F)F)ccc1F. The summed E-state index contributed by atoms with van der Waals surface area (Å²) in [5.74, 6) is -9.65. The number of carbonyl (C=O) groups is 2. The van der Waals surface area contributed by atoms with Gasteiger partial charge in [0.25, 0.3) is 0 Å². The predicted octanol–water partition coefficient (Wildman–Crippen LogP) is 4.51. The maximum absolute atomic E-state index is 13.5. The number of carbonyl (C=O) groups excluding carboxylic acids is 2. The first kappa shape index (κ1) is 21.1. The van der Waals surface area contributed by atoms with Gasteiger partial charge in [-0.25, -0.2) is 18.4 Å². The van der Waals surface area contributed by atoms with Crippen molar-refractivity contribution in [3.8, 4) is 11.5 Å². The second-order valence-corrected chi connectivity index (χ2v) is 5.06. The van der Waals surface area contributed by atoms with Crippen molar-refractivity contribution in [1.29, 1.82) is 0 Å². The molecule has 0 fully saturated rings. The lowest BCUT2D eigenvalue weighted by atomic mass is 10.2. The molecule has 0 amide bonds. The lowest BCUT2D eigenvalue weighted by molar-refractivity contribution is -0.156. The van der Waals surface area contributed by atoms with Crippen LogP contribution in [0.5, 0.6) is 11.5 Å². The molecule has 150 valence electrons. The van der Waals surface area contributed by atoms with E-state index in [1.165, 1.54) is 0 Å². The summed E-state index contributed by atoms with van der Waals surface area (Å²) in [6.45, 7) is 0. The van der Waals surface area contributed by atoms with Gasteiger partial charge in [0, 0.05) is 0 Å². The van der Waals surface area contributed by atoms with Crippen LogP contribution in [0, 0.1) is 11.6 Å². The molecule has 2 aromatic carbocycles. The smallest absolute Gasteiger partial charge is 0.415 e. The Hall–Kier alpha value is -3.18. The fraction of sp³-hybridized carbons (Fsp3) is 0.125. The van der Waals surface area contributed by atoms with E-state index in [-0.39, 0.29) is 12.1 Å². The van der Waals surface area contributed by atoms with E-state index in [9.17, 15) is 44.7 Å². The second kappa shape index (κ2) is 7.44. The number of hydrogen-bond acceptors (Lipinski definition) is 4. The maximum Gasteiger partial charge on any atom is 0.423 e. The molecule has 0 atom stereocenters. The molecule has 0 N–H and O–H groups in total. The Balaban J connectivity index is 2.20. The van der Waals surface area contributed by atoms with E-state index in [2.05, 4.69) is 9.47 Å². The third kappa shape index (κ3) is 4.96. The van der Waals surface area contributed by atoms with Gasteiger partial charge in [-0.3, -0.25) is 0 Å². The molecule has 4 nitrogen and oxygen atoms in total. The van der Waals surface area contributed by atoms with Crippen LogP contribution in [-0.4, -0.2) is 11.9 Å². The van der Waals surface area contributed by atoms with Gasteiger partial charge < -0.3 is 9.47 Å². The van der Waals surface area contributed by atoms with Crippen molar-refractivity contribution in [3.05, 3.63) is 59.2 Å². The number of alkyl halides is 6. The third-order valence-corrected chi connectivity index (χ3v) is 3.09. The van der Waals surface area contributed by atoms with Crippen LogP contribution >= 0.6 is 0 Å². The molecule has 2 rings (SSSR count). The molecule has 0 bridgehead atoms. The molecule has 0 aliphatic heterocycles. The van der Waals surface area contributed by atoms with Crippen LogP contribution in [0.25, 0.3) is 0 Å². The summed E-state index contributed by atoms with van der Waals surface area (Å²) >= 11 is 0. The number of benzene rings is 2. The maximum atomic E-state index is 13.5. The standard InChI is InChI=1S/C16H6F8O4/c17-9-3-1-7(15(19,20)21)5-11(9)27-13(25)14(26)28-12-6-8(16(22,23)24)2-4-10(12)18/h1-6H. The van der Waals surface area contributed by atoms with E-state index < -0.39 is 58.6 Å². The van der Waals surface area contributed by atoms with Crippen LogP contribution < -0.4 is 9.47 Å². The van der Waals surface area contributed by atoms with Crippen LogP contribution in [0.4, 0.5) is 35.1 Å². The Morgan fingerprint density at radius 2 is 0.964 bits per heavy atom. The van der Waals surface area contributed by atoms with Crippen molar-refractivity contribution in [2.75, 3.05) is 0 Å². The molecule has 0 aliphatic carbocycles. The number of ether oxygens (including phenoxy) is 2. The van der Waals surface area contributed by atoms with Crippen LogP contribution in [-0.2, 0) is 21.9 Å². The van der Waals surface area contributed by atoms with Gasteiger partial charge in [-0.05, 0) is 36.4 Å². The number of rotatable bonds is 2. The summed E-state index contributed by atoms with van der Waals surface area (Å²) in [5, 5.41) is 0. The lowest BCUT2D eigenvalue weighted by Gasteiger charge is -2.11. The summed E-state index contributed by atoms with van der Waals surface area (Å²) in [5.41, 5.74) is -2.82. The van der Waals surface area contributed by atoms with E-state index in [0.717, 1.165) is 0 Å². The molecule has 0 unspecified atom stereocenters. The molecule has 12 heteroatoms. The van der Waals surface area contributed by atoms with E-state index in [1.54, 1.807) is 0 Å². The molecule has 0 spiro atoms. The molecule has 0 aromatic heterocycles. The molecule has 0 saturated carbocycles. The molecule has 0 aliphatic rings. The Bertz CT molecular complexity index is 842. The van der Waals surface area contributed by atoms with Gasteiger partial charge in [0.05, 0.1) is 11.1 Å². The third-order valence-electron chi connectivity index (χ3n) is 3.09. The zero-order chi connectivity index (χ0) is 21.3. The first-order chi connectivity index (χ1) is 12.8. The zero-order valence-electron chi connectivity index (χ0n) is 13.1. The molecule has 0 heterocycles. The first-order valence-electron chi connectivity index (χ1n) is 6.96. The van der Waals surface area contributed by atoms with E-state index >= 15 is 0 Å². The van der Waals surface area contributed by atoms with Crippen molar-refractivity contribution < 1.29 is 54.2 Å². The monoisotopic (exact) mass is 414 g/mol. The average molecular weight is 414 g/mol. The molecular formula is C16H6F8O4. The average Bonchev–Trinajstić information content (AvgIpc) is 2.56. The zero-order valence-corrected chi connectivity index (χ0v) is 13.1. The number of esters is 2. The molecule has 0 saturated heterocycles. The Kier molecular flexibility index (Phi) is 5.62. The van der Waals surface area contributed by atoms with Gasteiger partial charge in [-0.2, -0.15) is 26.3 Å². The topological polar surface area (TPSA) is 52.6 Å². The summed E-state index contributed by atoms with van der Waals surface area (Å²) in [7, 11) is 0. The fourth-order valence-corrected chi connectivity index (χ4v) is 1.80. The van der Waals surface area contributed by atoms with Gasteiger partial charge in [-0.1, -0.05) is 0 Å². The normalized spacial score (nSPS) is 11.9. The molecule has 2 aromatic rings. The fourth-order valence-electron chi connectivity index (χ4n) is 1.80. The summed E-state index contributed by atoms with van der Waals surface area (Å²) in [4.78, 5) is 23.1. The highest BCUT2D eigenvalue weighted by atomic mass is 19.4. The minimum absolute atomic E-state index is 0.0748. The van der Waals surface area contributed by atoms with Gasteiger partial charge in [-0.15, -0.1) is 0 Å². The predicted molar refractivity (Wildman–Crippen MR) is 74.1 cm³/mol. The quantitative estimate of drug-likeness (QED) is 0.314. The van der Waals surface area contributed by atoms with Crippen LogP contribution in [0.2, 0.25) is 0 Å².